The first kappa shape index (κ1) is 19.6. The summed E-state index contributed by atoms with van der Waals surface area (Å²) in [6, 6.07) is 6.32. The van der Waals surface area contributed by atoms with Gasteiger partial charge >= 0.3 is 5.97 Å². The molecule has 1 saturated heterocycles. The van der Waals surface area contributed by atoms with E-state index in [1.165, 1.54) is 18.2 Å². The van der Waals surface area contributed by atoms with Gasteiger partial charge in [0.05, 0.1) is 11.0 Å². The van der Waals surface area contributed by atoms with Crippen LogP contribution in [0.25, 0.3) is 6.08 Å². The van der Waals surface area contributed by atoms with E-state index in [-0.39, 0.29) is 17.6 Å². The lowest BCUT2D eigenvalue weighted by Gasteiger charge is -2.21. The minimum absolute atomic E-state index is 0.00814. The predicted molar refractivity (Wildman–Crippen MR) is 95.5 cm³/mol. The van der Waals surface area contributed by atoms with E-state index in [0.29, 0.717) is 6.54 Å². The van der Waals surface area contributed by atoms with Gasteiger partial charge in [0.15, 0.2) is 0 Å². The fraction of sp³-hybridized carbons (Fsp3) is 0.500. The molecule has 0 spiro atoms. The summed E-state index contributed by atoms with van der Waals surface area (Å²) in [5.74, 6) is -0.435. The number of ether oxygens (including phenoxy) is 2. The van der Waals surface area contributed by atoms with Crippen LogP contribution in [-0.4, -0.2) is 40.2 Å². The third-order valence-electron chi connectivity index (χ3n) is 3.83. The smallest absolute Gasteiger partial charge is 0.330 e. The van der Waals surface area contributed by atoms with E-state index in [2.05, 4.69) is 4.72 Å². The standard InChI is InChI=1S/C18H25NO5S/c1-2-12-19-25(21,22)17-9-6-15(7-10-17)8-11-18(20)24-14-16-5-3-4-13-23-16/h6-11,16,19H,2-5,12-14H2,1H3. The van der Waals surface area contributed by atoms with E-state index >= 15 is 0 Å². The van der Waals surface area contributed by atoms with Gasteiger partial charge in [-0.3, -0.25) is 0 Å². The Morgan fingerprint density at radius 2 is 2.08 bits per heavy atom. The van der Waals surface area contributed by atoms with Gasteiger partial charge in [-0.15, -0.1) is 0 Å². The Morgan fingerprint density at radius 3 is 2.72 bits per heavy atom. The highest BCUT2D eigenvalue weighted by molar-refractivity contribution is 7.89. The lowest BCUT2D eigenvalue weighted by atomic mass is 10.1. The fourth-order valence-electron chi connectivity index (χ4n) is 2.40. The second kappa shape index (κ2) is 9.70. The maximum Gasteiger partial charge on any atom is 0.330 e. The lowest BCUT2D eigenvalue weighted by Crippen LogP contribution is -2.25. The summed E-state index contributed by atoms with van der Waals surface area (Å²) in [4.78, 5) is 11.9. The van der Waals surface area contributed by atoms with Gasteiger partial charge in [0.25, 0.3) is 0 Å². The molecule has 0 radical (unpaired) electrons. The minimum atomic E-state index is -3.47. The molecule has 1 atom stereocenters. The molecular formula is C18H25NO5S. The number of nitrogens with one attached hydrogen (secondary N) is 1. The molecule has 25 heavy (non-hydrogen) atoms. The number of benzene rings is 1. The van der Waals surface area contributed by atoms with Crippen LogP contribution in [-0.2, 0) is 24.3 Å². The Bertz CT molecular complexity index is 676. The zero-order valence-electron chi connectivity index (χ0n) is 14.4. The van der Waals surface area contributed by atoms with Gasteiger partial charge in [0.1, 0.15) is 6.61 Å². The molecule has 1 aromatic rings. The molecule has 1 aromatic carbocycles. The summed E-state index contributed by atoms with van der Waals surface area (Å²) in [6.07, 6.45) is 6.73. The summed E-state index contributed by atoms with van der Waals surface area (Å²) in [7, 11) is -3.47. The molecule has 0 aliphatic carbocycles. The highest BCUT2D eigenvalue weighted by atomic mass is 32.2. The molecule has 1 aliphatic rings. The van der Waals surface area contributed by atoms with Gasteiger partial charge < -0.3 is 9.47 Å². The maximum atomic E-state index is 12.0. The van der Waals surface area contributed by atoms with Crippen molar-refractivity contribution in [1.29, 1.82) is 0 Å². The summed E-state index contributed by atoms with van der Waals surface area (Å²) in [6.45, 7) is 3.29. The van der Waals surface area contributed by atoms with Crippen molar-refractivity contribution >= 4 is 22.1 Å². The molecule has 0 bridgehead atoms. The molecule has 138 valence electrons. The van der Waals surface area contributed by atoms with E-state index in [1.54, 1.807) is 18.2 Å². The van der Waals surface area contributed by atoms with Gasteiger partial charge in [0, 0.05) is 19.2 Å². The van der Waals surface area contributed by atoms with E-state index in [0.717, 1.165) is 37.9 Å². The fourth-order valence-corrected chi connectivity index (χ4v) is 3.54. The zero-order valence-corrected chi connectivity index (χ0v) is 15.3. The van der Waals surface area contributed by atoms with Crippen molar-refractivity contribution < 1.29 is 22.7 Å². The summed E-state index contributed by atoms with van der Waals surface area (Å²) >= 11 is 0. The van der Waals surface area contributed by atoms with Crippen molar-refractivity contribution in [2.24, 2.45) is 0 Å². The molecule has 1 heterocycles. The maximum absolute atomic E-state index is 12.0. The van der Waals surface area contributed by atoms with Crippen LogP contribution in [0.4, 0.5) is 0 Å². The molecule has 1 N–H and O–H groups in total. The summed E-state index contributed by atoms with van der Waals surface area (Å²) < 4.78 is 37.2. The van der Waals surface area contributed by atoms with Gasteiger partial charge in [-0.05, 0) is 49.5 Å². The van der Waals surface area contributed by atoms with Crippen LogP contribution >= 0.6 is 0 Å². The number of hydrogen-bond donors (Lipinski definition) is 1. The van der Waals surface area contributed by atoms with Gasteiger partial charge in [-0.25, -0.2) is 17.9 Å². The topological polar surface area (TPSA) is 81.7 Å². The van der Waals surface area contributed by atoms with Crippen LogP contribution in [0.5, 0.6) is 0 Å². The minimum Gasteiger partial charge on any atom is -0.460 e. The normalized spacial score (nSPS) is 18.4. The van der Waals surface area contributed by atoms with Crippen LogP contribution in [0, 0.1) is 0 Å². The number of esters is 1. The number of hydrogen-bond acceptors (Lipinski definition) is 5. The van der Waals surface area contributed by atoms with Crippen LogP contribution in [0.2, 0.25) is 0 Å². The van der Waals surface area contributed by atoms with Gasteiger partial charge in [-0.2, -0.15) is 0 Å². The zero-order chi connectivity index (χ0) is 18.1. The Balaban J connectivity index is 1.85. The molecule has 2 rings (SSSR count). The van der Waals surface area contributed by atoms with E-state index in [9.17, 15) is 13.2 Å². The van der Waals surface area contributed by atoms with Crippen molar-refractivity contribution in [3.05, 3.63) is 35.9 Å². The molecule has 0 amide bonds. The monoisotopic (exact) mass is 367 g/mol. The van der Waals surface area contributed by atoms with E-state index in [1.807, 2.05) is 6.92 Å². The quantitative estimate of drug-likeness (QED) is 0.564. The van der Waals surface area contributed by atoms with Gasteiger partial charge in [-0.1, -0.05) is 19.1 Å². The summed E-state index contributed by atoms with van der Waals surface area (Å²) in [5.41, 5.74) is 0.723. The van der Waals surface area contributed by atoms with Crippen LogP contribution < -0.4 is 4.72 Å². The molecule has 7 heteroatoms. The number of sulfonamides is 1. The molecule has 1 unspecified atom stereocenters. The first-order valence-electron chi connectivity index (χ1n) is 8.57. The number of carbonyl (C=O) groups excluding carboxylic acids is 1. The first-order chi connectivity index (χ1) is 12.0. The average Bonchev–Trinajstić information content (AvgIpc) is 2.64. The predicted octanol–water partition coefficient (Wildman–Crippen LogP) is 2.50. The van der Waals surface area contributed by atoms with E-state index in [4.69, 9.17) is 9.47 Å². The van der Waals surface area contributed by atoms with Crippen LogP contribution in [0.3, 0.4) is 0 Å². The van der Waals surface area contributed by atoms with Crippen LogP contribution in [0.1, 0.15) is 38.2 Å². The summed E-state index contributed by atoms with van der Waals surface area (Å²) in [5, 5.41) is 0. The molecule has 0 saturated carbocycles. The molecule has 1 aliphatic heterocycles. The highest BCUT2D eigenvalue weighted by Gasteiger charge is 2.15. The van der Waals surface area contributed by atoms with Gasteiger partial charge in [0.2, 0.25) is 10.0 Å². The molecule has 1 fully saturated rings. The molecular weight excluding hydrogens is 342 g/mol. The first-order valence-corrected chi connectivity index (χ1v) is 10.1. The second-order valence-electron chi connectivity index (χ2n) is 5.92. The van der Waals surface area contributed by atoms with Crippen LogP contribution in [0.15, 0.2) is 35.2 Å². The third kappa shape index (κ3) is 6.61. The molecule has 0 aromatic heterocycles. The Labute approximate surface area is 149 Å². The van der Waals surface area contributed by atoms with Crippen molar-refractivity contribution in [2.45, 2.75) is 43.6 Å². The highest BCUT2D eigenvalue weighted by Crippen LogP contribution is 2.14. The SMILES string of the molecule is CCCNS(=O)(=O)c1ccc(C=CC(=O)OCC2CCCCO2)cc1. The lowest BCUT2D eigenvalue weighted by molar-refractivity contribution is -0.143. The Kier molecular flexibility index (Phi) is 7.61. The van der Waals surface area contributed by atoms with Crippen molar-refractivity contribution in [3.8, 4) is 0 Å². The van der Waals surface area contributed by atoms with Crippen molar-refractivity contribution in [1.82, 2.24) is 4.72 Å². The van der Waals surface area contributed by atoms with E-state index < -0.39 is 16.0 Å². The second-order valence-corrected chi connectivity index (χ2v) is 7.69. The average molecular weight is 367 g/mol. The van der Waals surface area contributed by atoms with Crippen molar-refractivity contribution in [3.63, 3.8) is 0 Å². The largest absolute Gasteiger partial charge is 0.460 e. The Hall–Kier alpha value is -1.70. The Morgan fingerprint density at radius 1 is 1.32 bits per heavy atom. The van der Waals surface area contributed by atoms with Crippen molar-refractivity contribution in [2.75, 3.05) is 19.8 Å². The number of rotatable bonds is 8. The molecule has 6 nitrogen and oxygen atoms in total. The number of carbonyl (C=O) groups is 1. The third-order valence-corrected chi connectivity index (χ3v) is 5.31.